The van der Waals surface area contributed by atoms with E-state index in [0.29, 0.717) is 32.1 Å². The second-order valence-corrected chi connectivity index (χ2v) is 8.25. The summed E-state index contributed by atoms with van der Waals surface area (Å²) in [6.07, 6.45) is 0. The highest BCUT2D eigenvalue weighted by molar-refractivity contribution is 7.89. The van der Waals surface area contributed by atoms with Crippen LogP contribution < -0.4 is 5.32 Å². The lowest BCUT2D eigenvalue weighted by Crippen LogP contribution is -2.51. The molecule has 2 rings (SSSR count). The van der Waals surface area contributed by atoms with E-state index in [0.717, 1.165) is 5.69 Å². The minimum atomic E-state index is -3.17. The molecule has 0 aromatic heterocycles. The van der Waals surface area contributed by atoms with Crippen LogP contribution in [0.15, 0.2) is 24.3 Å². The van der Waals surface area contributed by atoms with E-state index in [9.17, 15) is 13.2 Å². The Morgan fingerprint density at radius 3 is 2.17 bits per heavy atom. The minimum absolute atomic E-state index is 0.0986. The molecule has 2 amide bonds. The zero-order chi connectivity index (χ0) is 17.0. The standard InChI is InChI=1S/C16H25N3O3S/c1-4-23(21,22)19-11-9-18(10-12-19)16(20)17-15-7-5-14(6-8-15)13(2)3/h5-8,13H,4,9-12H2,1-3H3,(H,17,20). The fourth-order valence-electron chi connectivity index (χ4n) is 2.51. The van der Waals surface area contributed by atoms with E-state index < -0.39 is 10.0 Å². The molecule has 23 heavy (non-hydrogen) atoms. The summed E-state index contributed by atoms with van der Waals surface area (Å²) in [5.41, 5.74) is 1.98. The van der Waals surface area contributed by atoms with Crippen molar-refractivity contribution < 1.29 is 13.2 Å². The molecule has 1 fully saturated rings. The molecule has 6 nitrogen and oxygen atoms in total. The van der Waals surface area contributed by atoms with Crippen LogP contribution >= 0.6 is 0 Å². The predicted octanol–water partition coefficient (Wildman–Crippen LogP) is 2.31. The molecule has 128 valence electrons. The molecule has 0 bridgehead atoms. The van der Waals surface area contributed by atoms with Gasteiger partial charge in [-0.2, -0.15) is 4.31 Å². The maximum atomic E-state index is 12.3. The molecule has 1 aliphatic rings. The average Bonchev–Trinajstić information content (AvgIpc) is 2.55. The third-order valence-corrected chi connectivity index (χ3v) is 5.99. The highest BCUT2D eigenvalue weighted by Crippen LogP contribution is 2.18. The Morgan fingerprint density at radius 1 is 1.13 bits per heavy atom. The van der Waals surface area contributed by atoms with E-state index in [1.54, 1.807) is 11.8 Å². The van der Waals surface area contributed by atoms with Gasteiger partial charge in [0.05, 0.1) is 5.75 Å². The third-order valence-electron chi connectivity index (χ3n) is 4.11. The van der Waals surface area contributed by atoms with E-state index in [2.05, 4.69) is 19.2 Å². The van der Waals surface area contributed by atoms with E-state index in [-0.39, 0.29) is 11.8 Å². The average molecular weight is 339 g/mol. The molecule has 0 radical (unpaired) electrons. The van der Waals surface area contributed by atoms with Crippen LogP contribution in [-0.2, 0) is 10.0 Å². The van der Waals surface area contributed by atoms with Crippen molar-refractivity contribution in [2.24, 2.45) is 0 Å². The number of nitrogens with one attached hydrogen (secondary N) is 1. The van der Waals surface area contributed by atoms with E-state index in [4.69, 9.17) is 0 Å². The van der Waals surface area contributed by atoms with Crippen molar-refractivity contribution in [3.8, 4) is 0 Å². The van der Waals surface area contributed by atoms with Gasteiger partial charge in [0.2, 0.25) is 10.0 Å². The van der Waals surface area contributed by atoms with Gasteiger partial charge in [-0.3, -0.25) is 0 Å². The molecule has 0 atom stereocenters. The van der Waals surface area contributed by atoms with Gasteiger partial charge in [0.25, 0.3) is 0 Å². The van der Waals surface area contributed by atoms with Crippen LogP contribution in [-0.4, -0.2) is 55.6 Å². The Hall–Kier alpha value is -1.60. The van der Waals surface area contributed by atoms with Crippen LogP contribution in [0.3, 0.4) is 0 Å². The topological polar surface area (TPSA) is 69.7 Å². The van der Waals surface area contributed by atoms with Crippen LogP contribution in [0.2, 0.25) is 0 Å². The summed E-state index contributed by atoms with van der Waals surface area (Å²) in [4.78, 5) is 13.9. The first-order valence-corrected chi connectivity index (χ1v) is 9.58. The number of sulfonamides is 1. The number of anilines is 1. The van der Waals surface area contributed by atoms with Gasteiger partial charge in [-0.05, 0) is 30.5 Å². The van der Waals surface area contributed by atoms with Gasteiger partial charge in [0.15, 0.2) is 0 Å². The van der Waals surface area contributed by atoms with E-state index in [1.807, 2.05) is 24.3 Å². The molecule has 1 saturated heterocycles. The van der Waals surface area contributed by atoms with Crippen molar-refractivity contribution in [2.45, 2.75) is 26.7 Å². The molecule has 1 N–H and O–H groups in total. The molecule has 1 heterocycles. The first kappa shape index (κ1) is 17.7. The van der Waals surface area contributed by atoms with Crippen LogP contribution in [0.4, 0.5) is 10.5 Å². The maximum Gasteiger partial charge on any atom is 0.321 e. The zero-order valence-corrected chi connectivity index (χ0v) is 14.8. The summed E-state index contributed by atoms with van der Waals surface area (Å²) >= 11 is 0. The quantitative estimate of drug-likeness (QED) is 0.915. The number of amides is 2. The van der Waals surface area contributed by atoms with Crippen LogP contribution in [0.1, 0.15) is 32.3 Å². The first-order chi connectivity index (χ1) is 10.8. The number of carbonyl (C=O) groups is 1. The SMILES string of the molecule is CCS(=O)(=O)N1CCN(C(=O)Nc2ccc(C(C)C)cc2)CC1. The van der Waals surface area contributed by atoms with Crippen molar-refractivity contribution in [1.29, 1.82) is 0 Å². The Labute approximate surface area is 138 Å². The highest BCUT2D eigenvalue weighted by atomic mass is 32.2. The van der Waals surface area contributed by atoms with Crippen molar-refractivity contribution >= 4 is 21.7 Å². The van der Waals surface area contributed by atoms with Gasteiger partial charge < -0.3 is 10.2 Å². The second-order valence-electron chi connectivity index (χ2n) is 5.99. The van der Waals surface area contributed by atoms with Gasteiger partial charge in [-0.1, -0.05) is 26.0 Å². The largest absolute Gasteiger partial charge is 0.322 e. The minimum Gasteiger partial charge on any atom is -0.322 e. The monoisotopic (exact) mass is 339 g/mol. The van der Waals surface area contributed by atoms with Gasteiger partial charge in [-0.15, -0.1) is 0 Å². The number of hydrogen-bond acceptors (Lipinski definition) is 3. The number of carbonyl (C=O) groups excluding carboxylic acids is 1. The number of hydrogen-bond donors (Lipinski definition) is 1. The number of piperazine rings is 1. The van der Waals surface area contributed by atoms with E-state index in [1.165, 1.54) is 9.87 Å². The van der Waals surface area contributed by atoms with Gasteiger partial charge >= 0.3 is 6.03 Å². The van der Waals surface area contributed by atoms with Crippen LogP contribution in [0.5, 0.6) is 0 Å². The Morgan fingerprint density at radius 2 is 1.70 bits per heavy atom. The molecule has 0 saturated carbocycles. The van der Waals surface area contributed by atoms with Gasteiger partial charge in [0.1, 0.15) is 0 Å². The van der Waals surface area contributed by atoms with Crippen LogP contribution in [0.25, 0.3) is 0 Å². The Kier molecular flexibility index (Phi) is 5.64. The normalized spacial score (nSPS) is 16.6. The van der Waals surface area contributed by atoms with Crippen molar-refractivity contribution in [1.82, 2.24) is 9.21 Å². The predicted molar refractivity (Wildman–Crippen MR) is 92.2 cm³/mol. The molecular formula is C16H25N3O3S. The second kappa shape index (κ2) is 7.31. The number of rotatable bonds is 4. The number of nitrogens with zero attached hydrogens (tertiary/aromatic N) is 2. The first-order valence-electron chi connectivity index (χ1n) is 7.97. The molecule has 1 aliphatic heterocycles. The third kappa shape index (κ3) is 4.45. The fourth-order valence-corrected chi connectivity index (χ4v) is 3.59. The lowest BCUT2D eigenvalue weighted by atomic mass is 10.0. The van der Waals surface area contributed by atoms with Gasteiger partial charge in [0, 0.05) is 31.9 Å². The summed E-state index contributed by atoms with van der Waals surface area (Å²) in [5, 5.41) is 2.86. The Balaban J connectivity index is 1.90. The molecule has 0 aliphatic carbocycles. The fraction of sp³-hybridized carbons (Fsp3) is 0.562. The molecular weight excluding hydrogens is 314 g/mol. The number of urea groups is 1. The van der Waals surface area contributed by atoms with Crippen molar-refractivity contribution in [3.05, 3.63) is 29.8 Å². The summed E-state index contributed by atoms with van der Waals surface area (Å²) in [7, 11) is -3.17. The maximum absolute atomic E-state index is 12.3. The van der Waals surface area contributed by atoms with E-state index >= 15 is 0 Å². The molecule has 7 heteroatoms. The molecule has 0 spiro atoms. The smallest absolute Gasteiger partial charge is 0.321 e. The number of benzene rings is 1. The highest BCUT2D eigenvalue weighted by Gasteiger charge is 2.27. The summed E-state index contributed by atoms with van der Waals surface area (Å²) in [5.74, 6) is 0.551. The zero-order valence-electron chi connectivity index (χ0n) is 13.9. The Bertz CT molecular complexity index is 633. The molecule has 1 aromatic carbocycles. The molecule has 1 aromatic rings. The summed E-state index contributed by atoms with van der Waals surface area (Å²) in [6, 6.07) is 7.62. The summed E-state index contributed by atoms with van der Waals surface area (Å²) < 4.78 is 25.1. The lowest BCUT2D eigenvalue weighted by Gasteiger charge is -2.33. The van der Waals surface area contributed by atoms with Gasteiger partial charge in [-0.25, -0.2) is 13.2 Å². The van der Waals surface area contributed by atoms with Crippen LogP contribution in [0, 0.1) is 0 Å². The molecule has 0 unspecified atom stereocenters. The summed E-state index contributed by atoms with van der Waals surface area (Å²) in [6.45, 7) is 7.42. The van der Waals surface area contributed by atoms with Crippen molar-refractivity contribution in [3.63, 3.8) is 0 Å². The lowest BCUT2D eigenvalue weighted by molar-refractivity contribution is 0.184. The van der Waals surface area contributed by atoms with Crippen molar-refractivity contribution in [2.75, 3.05) is 37.2 Å².